The Labute approximate surface area is 559 Å². The number of carbonyl (C=O) groups is 1. The highest BCUT2D eigenvalue weighted by Gasteiger charge is 2.23. The molecule has 0 aromatic carbocycles. The van der Waals surface area contributed by atoms with Crippen molar-refractivity contribution >= 4 is 13.7 Å². The average molecular weight is 1280 g/mol. The Bertz CT molecular complexity index is 1840. The van der Waals surface area contributed by atoms with Gasteiger partial charge in [0.2, 0.25) is 5.91 Å². The summed E-state index contributed by atoms with van der Waals surface area (Å²) in [6.45, 7) is 4.55. The van der Waals surface area contributed by atoms with Gasteiger partial charge in [-0.1, -0.05) is 361 Å². The molecule has 0 rings (SSSR count). The zero-order chi connectivity index (χ0) is 65.5. The van der Waals surface area contributed by atoms with Gasteiger partial charge in [0.15, 0.2) is 0 Å². The Hall–Kier alpha value is -2.84. The van der Waals surface area contributed by atoms with Crippen LogP contribution in [0.5, 0.6) is 0 Å². The lowest BCUT2D eigenvalue weighted by atomic mass is 10.0. The third-order valence-corrected chi connectivity index (χ3v) is 17.9. The van der Waals surface area contributed by atoms with Crippen LogP contribution in [0.25, 0.3) is 0 Å². The van der Waals surface area contributed by atoms with Crippen molar-refractivity contribution in [1.29, 1.82) is 0 Å². The number of phosphoric acid groups is 1. The number of allylic oxidation sites excluding steroid dienone is 17. The third kappa shape index (κ3) is 72.6. The van der Waals surface area contributed by atoms with Crippen LogP contribution in [0.1, 0.15) is 348 Å². The van der Waals surface area contributed by atoms with Crippen molar-refractivity contribution in [2.24, 2.45) is 0 Å². The molecule has 0 aromatic heterocycles. The number of aliphatic hydroxyl groups is 1. The molecule has 1 amide bonds. The summed E-state index contributed by atoms with van der Waals surface area (Å²) in [5, 5.41) is 14.0. The summed E-state index contributed by atoms with van der Waals surface area (Å²) < 4.78 is 23.5. The molecule has 0 saturated carbocycles. The summed E-state index contributed by atoms with van der Waals surface area (Å²) in [5.74, 6) is -0.205. The molecule has 0 aliphatic carbocycles. The lowest BCUT2D eigenvalue weighted by molar-refractivity contribution is -0.870. The maximum atomic E-state index is 13.1. The fourth-order valence-electron chi connectivity index (χ4n) is 11.1. The van der Waals surface area contributed by atoms with Gasteiger partial charge in [-0.3, -0.25) is 9.36 Å². The predicted molar refractivity (Wildman–Crippen MR) is 394 cm³/mol. The smallest absolute Gasteiger partial charge is 0.268 e. The van der Waals surface area contributed by atoms with Gasteiger partial charge in [0.25, 0.3) is 7.82 Å². The number of rotatable bonds is 70. The normalized spacial score (nSPS) is 14.2. The second kappa shape index (κ2) is 70.5. The number of amides is 1. The Balaban J connectivity index is 4.04. The van der Waals surface area contributed by atoms with Gasteiger partial charge in [-0.2, -0.15) is 0 Å². The van der Waals surface area contributed by atoms with E-state index in [0.29, 0.717) is 17.4 Å². The van der Waals surface area contributed by atoms with Crippen molar-refractivity contribution < 1.29 is 32.9 Å². The van der Waals surface area contributed by atoms with Crippen molar-refractivity contribution in [2.75, 3.05) is 40.9 Å². The van der Waals surface area contributed by atoms with Gasteiger partial charge in [-0.15, -0.1) is 0 Å². The topological polar surface area (TPSA) is 108 Å². The first-order valence-electron chi connectivity index (χ1n) is 38.2. The summed E-state index contributed by atoms with van der Waals surface area (Å²) in [5.41, 5.74) is 0. The van der Waals surface area contributed by atoms with Gasteiger partial charge in [0.1, 0.15) is 13.2 Å². The second-order valence-electron chi connectivity index (χ2n) is 27.0. The fourth-order valence-corrected chi connectivity index (χ4v) is 11.8. The zero-order valence-electron chi connectivity index (χ0n) is 59.8. The SMILES string of the molecule is CC/C=C\C/C=C\C/C=C\C/C=C\C/C=C\C/C=C\C/C=C\CCCCCCCCCCCCCCCCCCCC(=O)NC(COP(=O)([O-])OCC[N+](C)(C)C)C(O)/C=C/CC/C=C/CCCCCCCCCCCCCCCCCCCCCCCCC. The van der Waals surface area contributed by atoms with Crippen LogP contribution in [0.4, 0.5) is 0 Å². The van der Waals surface area contributed by atoms with Gasteiger partial charge in [0, 0.05) is 6.42 Å². The molecule has 0 radical (unpaired) electrons. The molecule has 0 fully saturated rings. The van der Waals surface area contributed by atoms with Crippen LogP contribution < -0.4 is 10.2 Å². The van der Waals surface area contributed by atoms with E-state index < -0.39 is 26.6 Å². The maximum Gasteiger partial charge on any atom is 0.268 e. The van der Waals surface area contributed by atoms with Crippen LogP contribution in [0.15, 0.2) is 109 Å². The highest BCUT2D eigenvalue weighted by Crippen LogP contribution is 2.38. The zero-order valence-corrected chi connectivity index (χ0v) is 60.7. The van der Waals surface area contributed by atoms with Gasteiger partial charge in [0.05, 0.1) is 39.9 Å². The standard InChI is InChI=1S/C81H147N2O6P/c1-6-8-10-12-14-16-18-20-22-24-26-28-30-32-34-36-37-38-39-40-41-42-43-44-45-47-49-51-53-55-57-59-61-63-65-67-69-71-73-75-81(85)82-79(78-89-90(86,87)88-77-76-83(3,4)5)80(84)74-72-70-68-66-64-62-60-58-56-54-52-50-48-46-35-33-31-29-27-25-23-21-19-17-15-13-11-9-7-2/h8,10,14,16,20,22,26,28,32,34,37-38,40-41,64,66,72,74,79-80,84H,6-7,9,11-13,15,17-19,21,23-25,27,29-31,33,35-36,39,42-63,65,67-71,73,75-78H2,1-5H3,(H-,82,85,86,87)/b10-8-,16-14-,22-20-,28-26-,34-32-,38-37-,41-40-,66-64+,74-72+. The van der Waals surface area contributed by atoms with E-state index in [-0.39, 0.29) is 12.5 Å². The lowest BCUT2D eigenvalue weighted by Crippen LogP contribution is -2.45. The highest BCUT2D eigenvalue weighted by atomic mass is 31.2. The quantitative estimate of drug-likeness (QED) is 0.0272. The summed E-state index contributed by atoms with van der Waals surface area (Å²) in [4.78, 5) is 25.7. The van der Waals surface area contributed by atoms with E-state index >= 15 is 0 Å². The minimum Gasteiger partial charge on any atom is -0.756 e. The van der Waals surface area contributed by atoms with Crippen LogP contribution in [0.3, 0.4) is 0 Å². The Morgan fingerprint density at radius 2 is 0.689 bits per heavy atom. The largest absolute Gasteiger partial charge is 0.756 e. The minimum absolute atomic E-state index is 0.00865. The van der Waals surface area contributed by atoms with Gasteiger partial charge < -0.3 is 28.8 Å². The number of nitrogens with one attached hydrogen (secondary N) is 1. The summed E-state index contributed by atoms with van der Waals surface area (Å²) >= 11 is 0. The highest BCUT2D eigenvalue weighted by molar-refractivity contribution is 7.45. The molecule has 3 unspecified atom stereocenters. The van der Waals surface area contributed by atoms with Crippen molar-refractivity contribution in [3.63, 3.8) is 0 Å². The molecule has 0 aromatic rings. The van der Waals surface area contributed by atoms with Crippen molar-refractivity contribution in [3.8, 4) is 0 Å². The molecule has 9 heteroatoms. The Morgan fingerprint density at radius 1 is 0.400 bits per heavy atom. The molecule has 0 aliphatic rings. The van der Waals surface area contributed by atoms with E-state index in [1.54, 1.807) is 6.08 Å². The monoisotopic (exact) mass is 1280 g/mol. The molecule has 522 valence electrons. The molecule has 0 aliphatic heterocycles. The van der Waals surface area contributed by atoms with Crippen LogP contribution in [0, 0.1) is 0 Å². The van der Waals surface area contributed by atoms with E-state index in [0.717, 1.165) is 83.5 Å². The molecule has 90 heavy (non-hydrogen) atoms. The summed E-state index contributed by atoms with van der Waals surface area (Å²) in [6, 6.07) is -0.910. The summed E-state index contributed by atoms with van der Waals surface area (Å²) in [7, 11) is 1.25. The van der Waals surface area contributed by atoms with Crippen LogP contribution >= 0.6 is 7.82 Å². The molecule has 0 bridgehead atoms. The Kier molecular flexibility index (Phi) is 68.3. The van der Waals surface area contributed by atoms with Gasteiger partial charge >= 0.3 is 0 Å². The molecule has 2 N–H and O–H groups in total. The molecule has 8 nitrogen and oxygen atoms in total. The van der Waals surface area contributed by atoms with Crippen molar-refractivity contribution in [2.45, 2.75) is 360 Å². The van der Waals surface area contributed by atoms with E-state index in [4.69, 9.17) is 9.05 Å². The number of hydrogen-bond donors (Lipinski definition) is 2. The fraction of sp³-hybridized carbons (Fsp3) is 0.765. The molecule has 3 atom stereocenters. The first kappa shape index (κ1) is 87.2. The number of nitrogens with zero attached hydrogens (tertiary/aromatic N) is 1. The van der Waals surface area contributed by atoms with Crippen molar-refractivity contribution in [3.05, 3.63) is 109 Å². The molecular formula is C81H147N2O6P. The van der Waals surface area contributed by atoms with E-state index in [9.17, 15) is 19.4 Å². The van der Waals surface area contributed by atoms with Crippen molar-refractivity contribution in [1.82, 2.24) is 5.32 Å². The third-order valence-electron chi connectivity index (χ3n) is 17.0. The number of aliphatic hydroxyl groups excluding tert-OH is 1. The number of phosphoric ester groups is 1. The van der Waals surface area contributed by atoms with E-state index in [1.807, 2.05) is 27.2 Å². The number of quaternary nitrogens is 1. The second-order valence-corrected chi connectivity index (χ2v) is 28.4. The van der Waals surface area contributed by atoms with Crippen LogP contribution in [-0.2, 0) is 18.4 Å². The molecule has 0 heterocycles. The van der Waals surface area contributed by atoms with Gasteiger partial charge in [-0.05, 0) is 89.9 Å². The predicted octanol–water partition coefficient (Wildman–Crippen LogP) is 24.4. The van der Waals surface area contributed by atoms with Gasteiger partial charge in [-0.25, -0.2) is 0 Å². The van der Waals surface area contributed by atoms with E-state index in [1.165, 1.54) is 244 Å². The van der Waals surface area contributed by atoms with Crippen LogP contribution in [-0.4, -0.2) is 68.5 Å². The summed E-state index contributed by atoms with van der Waals surface area (Å²) in [6.07, 6.45) is 104. The van der Waals surface area contributed by atoms with Crippen LogP contribution in [0.2, 0.25) is 0 Å². The maximum absolute atomic E-state index is 13.1. The first-order valence-corrected chi connectivity index (χ1v) is 39.7. The minimum atomic E-state index is -4.62. The number of likely N-dealkylation sites (N-methyl/N-ethyl adjacent to an activating group) is 1. The lowest BCUT2D eigenvalue weighted by Gasteiger charge is -2.29. The van der Waals surface area contributed by atoms with E-state index in [2.05, 4.69) is 116 Å². The molecule has 0 spiro atoms. The number of unbranched alkanes of at least 4 members (excludes halogenated alkanes) is 41. The Morgan fingerprint density at radius 3 is 1.03 bits per heavy atom. The first-order chi connectivity index (χ1) is 44.0. The molecule has 0 saturated heterocycles. The molecular weight excluding hydrogens is 1130 g/mol. The number of carbonyl (C=O) groups excluding carboxylic acids is 1. The average Bonchev–Trinajstić information content (AvgIpc) is 3.72. The number of hydrogen-bond acceptors (Lipinski definition) is 6.